The first-order chi connectivity index (χ1) is 9.69. The van der Waals surface area contributed by atoms with Gasteiger partial charge in [0.15, 0.2) is 0 Å². The van der Waals surface area contributed by atoms with Gasteiger partial charge in [-0.3, -0.25) is 0 Å². The van der Waals surface area contributed by atoms with Gasteiger partial charge in [0, 0.05) is 12.1 Å². The highest BCUT2D eigenvalue weighted by atomic mass is 16.5. The van der Waals surface area contributed by atoms with E-state index in [2.05, 4.69) is 20.8 Å². The summed E-state index contributed by atoms with van der Waals surface area (Å²) in [6.45, 7) is 9.02. The third kappa shape index (κ3) is 5.56. The van der Waals surface area contributed by atoms with E-state index in [4.69, 9.17) is 15.2 Å². The van der Waals surface area contributed by atoms with E-state index in [-0.39, 0.29) is 12.0 Å². The Bertz CT molecular complexity index is 450. The minimum Gasteiger partial charge on any atom is -0.497 e. The zero-order valence-electron chi connectivity index (χ0n) is 13.9. The lowest BCUT2D eigenvalue weighted by Gasteiger charge is -2.24. The Morgan fingerprint density at radius 1 is 1.19 bits per heavy atom. The zero-order valence-corrected chi connectivity index (χ0v) is 13.9. The van der Waals surface area contributed by atoms with Crippen LogP contribution >= 0.6 is 0 Å². The normalized spacial score (nSPS) is 14.6. The standard InChI is InChI=1S/C17H29NO3/c1-16(2,3)14-11-13(20-5)7-8-15(14)21-10-6-9-17(4,19)12-18/h7-8,11,19H,6,9-10,12,18H2,1-5H3. The van der Waals surface area contributed by atoms with Crippen molar-refractivity contribution in [3.8, 4) is 11.5 Å². The molecule has 21 heavy (non-hydrogen) atoms. The first-order valence-corrected chi connectivity index (χ1v) is 7.43. The van der Waals surface area contributed by atoms with Gasteiger partial charge in [-0.2, -0.15) is 0 Å². The zero-order chi connectivity index (χ0) is 16.1. The summed E-state index contributed by atoms with van der Waals surface area (Å²) in [6, 6.07) is 5.87. The van der Waals surface area contributed by atoms with Gasteiger partial charge in [-0.1, -0.05) is 20.8 Å². The lowest BCUT2D eigenvalue weighted by atomic mass is 9.86. The minimum atomic E-state index is -0.809. The summed E-state index contributed by atoms with van der Waals surface area (Å²) in [5, 5.41) is 9.88. The lowest BCUT2D eigenvalue weighted by Crippen LogP contribution is -2.34. The summed E-state index contributed by atoms with van der Waals surface area (Å²) in [5.74, 6) is 1.70. The van der Waals surface area contributed by atoms with Crippen molar-refractivity contribution >= 4 is 0 Å². The molecule has 0 saturated heterocycles. The Labute approximate surface area is 128 Å². The molecule has 0 amide bonds. The maximum absolute atomic E-state index is 9.88. The van der Waals surface area contributed by atoms with Gasteiger partial charge >= 0.3 is 0 Å². The van der Waals surface area contributed by atoms with E-state index in [0.717, 1.165) is 23.5 Å². The predicted octanol–water partition coefficient (Wildman–Crippen LogP) is 2.86. The van der Waals surface area contributed by atoms with E-state index in [9.17, 15) is 5.11 Å². The number of ether oxygens (including phenoxy) is 2. The quantitative estimate of drug-likeness (QED) is 0.759. The van der Waals surface area contributed by atoms with Crippen molar-refractivity contribution in [3.63, 3.8) is 0 Å². The SMILES string of the molecule is COc1ccc(OCCCC(C)(O)CN)c(C(C)(C)C)c1. The minimum absolute atomic E-state index is 0.0212. The van der Waals surface area contributed by atoms with Gasteiger partial charge in [0.25, 0.3) is 0 Å². The van der Waals surface area contributed by atoms with Crippen LogP contribution in [0.15, 0.2) is 18.2 Å². The second-order valence-electron chi connectivity index (χ2n) is 6.77. The number of methoxy groups -OCH3 is 1. The number of hydrogen-bond acceptors (Lipinski definition) is 4. The number of aliphatic hydroxyl groups is 1. The van der Waals surface area contributed by atoms with Crippen LogP contribution in [-0.2, 0) is 5.41 Å². The lowest BCUT2D eigenvalue weighted by molar-refractivity contribution is 0.0535. The molecule has 0 aliphatic carbocycles. The third-order valence-electron chi connectivity index (χ3n) is 3.55. The van der Waals surface area contributed by atoms with Crippen molar-refractivity contribution in [2.45, 2.75) is 51.6 Å². The summed E-state index contributed by atoms with van der Waals surface area (Å²) in [4.78, 5) is 0. The second kappa shape index (κ2) is 7.14. The average Bonchev–Trinajstić information content (AvgIpc) is 2.42. The highest BCUT2D eigenvalue weighted by molar-refractivity contribution is 5.44. The first kappa shape index (κ1) is 17.8. The number of nitrogens with two attached hydrogens (primary N) is 1. The van der Waals surface area contributed by atoms with Crippen molar-refractivity contribution < 1.29 is 14.6 Å². The predicted molar refractivity (Wildman–Crippen MR) is 86.1 cm³/mol. The fourth-order valence-corrected chi connectivity index (χ4v) is 2.09. The van der Waals surface area contributed by atoms with Crippen LogP contribution in [0.3, 0.4) is 0 Å². The largest absolute Gasteiger partial charge is 0.497 e. The third-order valence-corrected chi connectivity index (χ3v) is 3.55. The molecule has 0 spiro atoms. The smallest absolute Gasteiger partial charge is 0.123 e. The molecule has 0 heterocycles. The van der Waals surface area contributed by atoms with Crippen molar-refractivity contribution in [2.24, 2.45) is 5.73 Å². The van der Waals surface area contributed by atoms with Gasteiger partial charge in [0.05, 0.1) is 19.3 Å². The Hall–Kier alpha value is -1.26. The van der Waals surface area contributed by atoms with Crippen LogP contribution in [0.5, 0.6) is 11.5 Å². The molecule has 1 aromatic rings. The van der Waals surface area contributed by atoms with Crippen molar-refractivity contribution in [1.82, 2.24) is 0 Å². The Morgan fingerprint density at radius 3 is 2.38 bits per heavy atom. The van der Waals surface area contributed by atoms with Crippen molar-refractivity contribution in [2.75, 3.05) is 20.3 Å². The maximum Gasteiger partial charge on any atom is 0.123 e. The first-order valence-electron chi connectivity index (χ1n) is 7.43. The van der Waals surface area contributed by atoms with Gasteiger partial charge in [0.2, 0.25) is 0 Å². The molecule has 0 fully saturated rings. The fraction of sp³-hybridized carbons (Fsp3) is 0.647. The van der Waals surface area contributed by atoms with Crippen LogP contribution in [0.25, 0.3) is 0 Å². The summed E-state index contributed by atoms with van der Waals surface area (Å²) < 4.78 is 11.2. The maximum atomic E-state index is 9.88. The molecule has 0 bridgehead atoms. The molecular formula is C17H29NO3. The van der Waals surface area contributed by atoms with E-state index in [0.29, 0.717) is 13.0 Å². The van der Waals surface area contributed by atoms with Gasteiger partial charge in [-0.05, 0) is 43.4 Å². The van der Waals surface area contributed by atoms with Crippen LogP contribution in [0.4, 0.5) is 0 Å². The van der Waals surface area contributed by atoms with Gasteiger partial charge in [-0.15, -0.1) is 0 Å². The molecule has 4 heteroatoms. The summed E-state index contributed by atoms with van der Waals surface area (Å²) >= 11 is 0. The second-order valence-corrected chi connectivity index (χ2v) is 6.77. The molecule has 1 atom stereocenters. The topological polar surface area (TPSA) is 64.7 Å². The highest BCUT2D eigenvalue weighted by Gasteiger charge is 2.21. The van der Waals surface area contributed by atoms with Crippen LogP contribution in [-0.4, -0.2) is 31.0 Å². The van der Waals surface area contributed by atoms with Crippen LogP contribution in [0, 0.1) is 0 Å². The Morgan fingerprint density at radius 2 is 1.86 bits per heavy atom. The molecule has 0 aromatic heterocycles. The summed E-state index contributed by atoms with van der Waals surface area (Å²) in [5.41, 5.74) is 5.80. The van der Waals surface area contributed by atoms with E-state index in [1.807, 2.05) is 18.2 Å². The van der Waals surface area contributed by atoms with Crippen LogP contribution < -0.4 is 15.2 Å². The van der Waals surface area contributed by atoms with Crippen molar-refractivity contribution in [3.05, 3.63) is 23.8 Å². The van der Waals surface area contributed by atoms with Gasteiger partial charge < -0.3 is 20.3 Å². The Kier molecular flexibility index (Phi) is 6.05. The molecule has 120 valence electrons. The molecule has 0 aliphatic rings. The van der Waals surface area contributed by atoms with Crippen molar-refractivity contribution in [1.29, 1.82) is 0 Å². The fourth-order valence-electron chi connectivity index (χ4n) is 2.09. The molecule has 1 aromatic carbocycles. The van der Waals surface area contributed by atoms with E-state index in [1.54, 1.807) is 14.0 Å². The number of rotatable bonds is 7. The van der Waals surface area contributed by atoms with E-state index >= 15 is 0 Å². The molecule has 4 nitrogen and oxygen atoms in total. The molecule has 0 radical (unpaired) electrons. The highest BCUT2D eigenvalue weighted by Crippen LogP contribution is 2.34. The number of benzene rings is 1. The van der Waals surface area contributed by atoms with Gasteiger partial charge in [0.1, 0.15) is 11.5 Å². The summed E-state index contributed by atoms with van der Waals surface area (Å²) in [7, 11) is 1.66. The molecule has 0 saturated carbocycles. The van der Waals surface area contributed by atoms with Crippen LogP contribution in [0.2, 0.25) is 0 Å². The molecule has 1 unspecified atom stereocenters. The summed E-state index contributed by atoms with van der Waals surface area (Å²) in [6.07, 6.45) is 1.39. The van der Waals surface area contributed by atoms with E-state index < -0.39 is 5.60 Å². The molecule has 1 rings (SSSR count). The Balaban J connectivity index is 2.71. The van der Waals surface area contributed by atoms with Gasteiger partial charge in [-0.25, -0.2) is 0 Å². The molecular weight excluding hydrogens is 266 g/mol. The van der Waals surface area contributed by atoms with E-state index in [1.165, 1.54) is 0 Å². The molecule has 3 N–H and O–H groups in total. The number of hydrogen-bond donors (Lipinski definition) is 2. The average molecular weight is 295 g/mol. The molecule has 0 aliphatic heterocycles. The monoisotopic (exact) mass is 295 g/mol. The van der Waals surface area contributed by atoms with Crippen LogP contribution in [0.1, 0.15) is 46.1 Å².